The molecule has 0 spiro atoms. The molecule has 2 aromatic rings. The van der Waals surface area contributed by atoms with Crippen LogP contribution in [-0.2, 0) is 0 Å². The Morgan fingerprint density at radius 3 is 2.65 bits per heavy atom. The first-order chi connectivity index (χ1) is 11.0. The number of aromatic nitrogens is 2. The smallest absolute Gasteiger partial charge is 0.333 e. The van der Waals surface area contributed by atoms with Crippen molar-refractivity contribution in [3.8, 4) is 0 Å². The maximum atomic E-state index is 12.6. The molecule has 1 amide bonds. The topological polar surface area (TPSA) is 38.1 Å². The highest BCUT2D eigenvalue weighted by Crippen LogP contribution is 2.28. The number of nitrogens with zero attached hydrogens (tertiary/aromatic N) is 3. The van der Waals surface area contributed by atoms with Crippen molar-refractivity contribution in [2.75, 3.05) is 13.1 Å². The SMILES string of the molecule is O=C(c1ccn(C(F)F)n1)N1CCC[C@@H](c2ccc(Cl)cc2)C1. The number of halogens is 3. The lowest BCUT2D eigenvalue weighted by atomic mass is 9.90. The Morgan fingerprint density at radius 2 is 2.00 bits per heavy atom. The van der Waals surface area contributed by atoms with Gasteiger partial charge in [0.25, 0.3) is 5.91 Å². The van der Waals surface area contributed by atoms with Gasteiger partial charge in [0, 0.05) is 30.2 Å². The van der Waals surface area contributed by atoms with Gasteiger partial charge in [-0.1, -0.05) is 23.7 Å². The predicted octanol–water partition coefficient (Wildman–Crippen LogP) is 3.95. The van der Waals surface area contributed by atoms with Crippen LogP contribution >= 0.6 is 11.6 Å². The molecule has 1 aromatic heterocycles. The average molecular weight is 340 g/mol. The molecule has 0 aliphatic carbocycles. The molecule has 0 radical (unpaired) electrons. The van der Waals surface area contributed by atoms with Gasteiger partial charge < -0.3 is 4.90 Å². The van der Waals surface area contributed by atoms with Gasteiger partial charge in [-0.15, -0.1) is 0 Å². The number of hydrogen-bond donors (Lipinski definition) is 0. The normalized spacial score (nSPS) is 18.4. The molecule has 0 unspecified atom stereocenters. The van der Waals surface area contributed by atoms with Crippen LogP contribution in [0.15, 0.2) is 36.5 Å². The molecule has 1 fully saturated rings. The highest BCUT2D eigenvalue weighted by atomic mass is 35.5. The molecule has 1 saturated heterocycles. The number of benzene rings is 1. The first-order valence-corrected chi connectivity index (χ1v) is 7.80. The summed E-state index contributed by atoms with van der Waals surface area (Å²) >= 11 is 5.90. The minimum absolute atomic E-state index is 0.0575. The van der Waals surface area contributed by atoms with Crippen molar-refractivity contribution in [2.24, 2.45) is 0 Å². The molecular formula is C16H16ClF2N3O. The monoisotopic (exact) mass is 339 g/mol. The highest BCUT2D eigenvalue weighted by molar-refractivity contribution is 6.30. The van der Waals surface area contributed by atoms with Gasteiger partial charge in [-0.25, -0.2) is 4.68 Å². The fourth-order valence-electron chi connectivity index (χ4n) is 2.89. The van der Waals surface area contributed by atoms with Crippen LogP contribution in [0.3, 0.4) is 0 Å². The summed E-state index contributed by atoms with van der Waals surface area (Å²) in [7, 11) is 0. The second-order valence-corrected chi connectivity index (χ2v) is 6.04. The summed E-state index contributed by atoms with van der Waals surface area (Å²) in [6.07, 6.45) is 2.98. The molecule has 1 aliphatic heterocycles. The van der Waals surface area contributed by atoms with Crippen LogP contribution in [0.5, 0.6) is 0 Å². The van der Waals surface area contributed by atoms with Crippen LogP contribution in [0, 0.1) is 0 Å². The van der Waals surface area contributed by atoms with E-state index in [1.54, 1.807) is 4.90 Å². The number of amides is 1. The number of alkyl halides is 2. The Balaban J connectivity index is 1.72. The number of hydrogen-bond acceptors (Lipinski definition) is 2. The van der Waals surface area contributed by atoms with Crippen molar-refractivity contribution >= 4 is 17.5 Å². The Labute approximate surface area is 137 Å². The highest BCUT2D eigenvalue weighted by Gasteiger charge is 2.27. The largest absolute Gasteiger partial charge is 0.337 e. The van der Waals surface area contributed by atoms with Crippen molar-refractivity contribution in [1.29, 1.82) is 0 Å². The summed E-state index contributed by atoms with van der Waals surface area (Å²) in [5.41, 5.74) is 1.19. The summed E-state index contributed by atoms with van der Waals surface area (Å²) in [6, 6.07) is 8.93. The quantitative estimate of drug-likeness (QED) is 0.849. The maximum Gasteiger partial charge on any atom is 0.333 e. The van der Waals surface area contributed by atoms with Gasteiger partial charge in [0.05, 0.1) is 0 Å². The molecule has 1 atom stereocenters. The fourth-order valence-corrected chi connectivity index (χ4v) is 3.02. The number of carbonyl (C=O) groups excluding carboxylic acids is 1. The van der Waals surface area contributed by atoms with Crippen molar-refractivity contribution in [2.45, 2.75) is 25.3 Å². The van der Waals surface area contributed by atoms with Crippen molar-refractivity contribution in [3.63, 3.8) is 0 Å². The van der Waals surface area contributed by atoms with Gasteiger partial charge in [-0.05, 0) is 36.6 Å². The molecular weight excluding hydrogens is 324 g/mol. The summed E-state index contributed by atoms with van der Waals surface area (Å²) in [6.45, 7) is -1.56. The van der Waals surface area contributed by atoms with Crippen LogP contribution in [-0.4, -0.2) is 33.7 Å². The van der Waals surface area contributed by atoms with Crippen LogP contribution in [0.2, 0.25) is 5.02 Å². The minimum Gasteiger partial charge on any atom is -0.337 e. The van der Waals surface area contributed by atoms with Crippen LogP contribution in [0.4, 0.5) is 8.78 Å². The standard InChI is InChI=1S/C16H16ClF2N3O/c17-13-5-3-11(4-6-13)12-2-1-8-21(10-12)15(23)14-7-9-22(20-14)16(18)19/h3-7,9,12,16H,1-2,8,10H2/t12-/m1/s1. The van der Waals surface area contributed by atoms with E-state index in [1.165, 1.54) is 6.07 Å². The molecule has 122 valence electrons. The van der Waals surface area contributed by atoms with E-state index in [2.05, 4.69) is 5.10 Å². The Bertz CT molecular complexity index is 687. The molecule has 0 saturated carbocycles. The lowest BCUT2D eigenvalue weighted by Gasteiger charge is -2.32. The third kappa shape index (κ3) is 3.52. The molecule has 7 heteroatoms. The number of carbonyl (C=O) groups is 1. The Kier molecular flexibility index (Phi) is 4.61. The second kappa shape index (κ2) is 6.66. The van der Waals surface area contributed by atoms with Crippen molar-refractivity contribution < 1.29 is 13.6 Å². The van der Waals surface area contributed by atoms with Crippen LogP contribution in [0.1, 0.15) is 41.4 Å². The van der Waals surface area contributed by atoms with Gasteiger partial charge in [0.1, 0.15) is 0 Å². The maximum absolute atomic E-state index is 12.6. The lowest BCUT2D eigenvalue weighted by Crippen LogP contribution is -2.39. The zero-order valence-corrected chi connectivity index (χ0v) is 13.1. The number of piperidine rings is 1. The summed E-state index contributed by atoms with van der Waals surface area (Å²) in [4.78, 5) is 14.1. The van der Waals surface area contributed by atoms with E-state index < -0.39 is 6.55 Å². The molecule has 0 N–H and O–H groups in total. The molecule has 1 aliphatic rings. The third-order valence-electron chi connectivity index (χ3n) is 4.08. The van der Waals surface area contributed by atoms with E-state index in [1.807, 2.05) is 24.3 Å². The summed E-state index contributed by atoms with van der Waals surface area (Å²) in [5.74, 6) is -0.0785. The van der Waals surface area contributed by atoms with E-state index in [9.17, 15) is 13.6 Å². The zero-order valence-electron chi connectivity index (χ0n) is 12.3. The molecule has 3 rings (SSSR count). The molecule has 4 nitrogen and oxygen atoms in total. The Hall–Kier alpha value is -1.95. The van der Waals surface area contributed by atoms with Gasteiger partial charge in [-0.3, -0.25) is 4.79 Å². The first kappa shape index (κ1) is 15.9. The van der Waals surface area contributed by atoms with Gasteiger partial charge in [-0.2, -0.15) is 13.9 Å². The third-order valence-corrected chi connectivity index (χ3v) is 4.33. The van der Waals surface area contributed by atoms with Gasteiger partial charge in [0.2, 0.25) is 0 Å². The Morgan fingerprint density at radius 1 is 1.26 bits per heavy atom. The summed E-state index contributed by atoms with van der Waals surface area (Å²) in [5, 5.41) is 4.33. The van der Waals surface area contributed by atoms with Crippen LogP contribution < -0.4 is 0 Å². The molecule has 0 bridgehead atoms. The molecule has 1 aromatic carbocycles. The van der Waals surface area contributed by atoms with E-state index in [-0.39, 0.29) is 17.5 Å². The molecule has 2 heterocycles. The van der Waals surface area contributed by atoms with E-state index in [4.69, 9.17) is 11.6 Å². The first-order valence-electron chi connectivity index (χ1n) is 7.42. The van der Waals surface area contributed by atoms with Crippen molar-refractivity contribution in [3.05, 3.63) is 52.8 Å². The predicted molar refractivity (Wildman–Crippen MR) is 82.8 cm³/mol. The average Bonchev–Trinajstić information content (AvgIpc) is 3.05. The number of likely N-dealkylation sites (tertiary alicyclic amines) is 1. The van der Waals surface area contributed by atoms with E-state index in [0.717, 1.165) is 24.6 Å². The zero-order chi connectivity index (χ0) is 16.4. The van der Waals surface area contributed by atoms with Crippen LogP contribution in [0.25, 0.3) is 0 Å². The molecule has 23 heavy (non-hydrogen) atoms. The van der Waals surface area contributed by atoms with E-state index >= 15 is 0 Å². The lowest BCUT2D eigenvalue weighted by molar-refractivity contribution is 0.0547. The number of rotatable bonds is 3. The fraction of sp³-hybridized carbons (Fsp3) is 0.375. The minimum atomic E-state index is -2.74. The summed E-state index contributed by atoms with van der Waals surface area (Å²) < 4.78 is 25.6. The van der Waals surface area contributed by atoms with Crippen molar-refractivity contribution in [1.82, 2.24) is 14.7 Å². The van der Waals surface area contributed by atoms with Gasteiger partial charge in [0.15, 0.2) is 5.69 Å². The second-order valence-electron chi connectivity index (χ2n) is 5.60. The van der Waals surface area contributed by atoms with Gasteiger partial charge >= 0.3 is 6.55 Å². The van der Waals surface area contributed by atoms with E-state index in [0.29, 0.717) is 22.8 Å².